The first-order chi connectivity index (χ1) is 13.7. The number of phenols is 1. The molecule has 5 heteroatoms. The molecule has 0 bridgehead atoms. The summed E-state index contributed by atoms with van der Waals surface area (Å²) >= 11 is 0. The molecule has 5 rings (SSSR count). The molecule has 3 aromatic carbocycles. The van der Waals surface area contributed by atoms with Gasteiger partial charge in [-0.2, -0.15) is 0 Å². The van der Waals surface area contributed by atoms with Crippen molar-refractivity contribution in [1.29, 1.82) is 0 Å². The van der Waals surface area contributed by atoms with Crippen molar-refractivity contribution in [2.45, 2.75) is 25.4 Å². The molecule has 140 valence electrons. The number of H-pyrrole nitrogens is 1. The number of hydrogen-bond donors (Lipinski definition) is 3. The summed E-state index contributed by atoms with van der Waals surface area (Å²) < 4.78 is 5.84. The lowest BCUT2D eigenvalue weighted by atomic mass is 10.1. The molecule has 1 aliphatic rings. The Morgan fingerprint density at radius 2 is 1.86 bits per heavy atom. The van der Waals surface area contributed by atoms with E-state index >= 15 is 0 Å². The highest BCUT2D eigenvalue weighted by Gasteiger charge is 2.20. The van der Waals surface area contributed by atoms with Gasteiger partial charge in [0.05, 0.1) is 17.4 Å². The second-order valence-electron chi connectivity index (χ2n) is 7.24. The van der Waals surface area contributed by atoms with Crippen LogP contribution in [0.2, 0.25) is 0 Å². The molecule has 5 nitrogen and oxygen atoms in total. The third-order valence-electron chi connectivity index (χ3n) is 5.29. The Hall–Kier alpha value is -3.31. The highest BCUT2D eigenvalue weighted by atomic mass is 16.5. The Bertz CT molecular complexity index is 1110. The number of nitrogens with one attached hydrogen (secondary N) is 2. The molecular formula is C23H21N3O2. The van der Waals surface area contributed by atoms with E-state index in [1.54, 1.807) is 12.4 Å². The topological polar surface area (TPSA) is 70.2 Å². The zero-order valence-corrected chi connectivity index (χ0v) is 15.4. The average molecular weight is 371 g/mol. The van der Waals surface area contributed by atoms with Crippen LogP contribution in [0, 0.1) is 0 Å². The molecule has 1 aromatic heterocycles. The van der Waals surface area contributed by atoms with Crippen molar-refractivity contribution >= 4 is 11.0 Å². The van der Waals surface area contributed by atoms with Crippen molar-refractivity contribution < 1.29 is 9.84 Å². The first kappa shape index (κ1) is 16.8. The number of ether oxygens (including phenoxy) is 1. The lowest BCUT2D eigenvalue weighted by Gasteiger charge is -2.13. The number of imidazole rings is 1. The number of fused-ring (bicyclic) bond motifs is 2. The highest BCUT2D eigenvalue weighted by Crippen LogP contribution is 2.32. The monoisotopic (exact) mass is 371 g/mol. The second-order valence-corrected chi connectivity index (χ2v) is 7.24. The molecule has 0 radical (unpaired) electrons. The van der Waals surface area contributed by atoms with E-state index in [0.29, 0.717) is 24.1 Å². The molecule has 1 aliphatic carbocycles. The van der Waals surface area contributed by atoms with E-state index in [2.05, 4.69) is 39.6 Å². The van der Waals surface area contributed by atoms with Crippen LogP contribution in [0.15, 0.2) is 67.0 Å². The minimum absolute atomic E-state index is 0.138. The second kappa shape index (κ2) is 7.02. The largest absolute Gasteiger partial charge is 0.504 e. The number of nitrogens with zero attached hydrogens (tertiary/aromatic N) is 1. The third-order valence-corrected chi connectivity index (χ3v) is 5.29. The normalized spacial score (nSPS) is 13.7. The molecule has 0 amide bonds. The number of aromatic nitrogens is 2. The average Bonchev–Trinajstić information content (AvgIpc) is 3.34. The van der Waals surface area contributed by atoms with Gasteiger partial charge >= 0.3 is 0 Å². The lowest BCUT2D eigenvalue weighted by Crippen LogP contribution is -2.28. The third kappa shape index (κ3) is 3.32. The molecular weight excluding hydrogens is 350 g/mol. The van der Waals surface area contributed by atoms with Crippen LogP contribution in [0.4, 0.5) is 0 Å². The molecule has 0 fully saturated rings. The Balaban J connectivity index is 1.23. The SMILES string of the molecule is Oc1cc(CNC2Cc3ccccc3C2)ccc1Oc1ccc2nc[nH]c2c1. The summed E-state index contributed by atoms with van der Waals surface area (Å²) in [5.41, 5.74) is 5.67. The summed E-state index contributed by atoms with van der Waals surface area (Å²) in [5.74, 6) is 1.23. The summed E-state index contributed by atoms with van der Waals surface area (Å²) in [6, 6.07) is 20.2. The minimum atomic E-state index is 0.138. The lowest BCUT2D eigenvalue weighted by molar-refractivity contribution is 0.410. The van der Waals surface area contributed by atoms with Gasteiger partial charge in [-0.05, 0) is 53.8 Å². The Morgan fingerprint density at radius 1 is 1.04 bits per heavy atom. The highest BCUT2D eigenvalue weighted by molar-refractivity contribution is 5.76. The molecule has 0 unspecified atom stereocenters. The van der Waals surface area contributed by atoms with Crippen LogP contribution >= 0.6 is 0 Å². The smallest absolute Gasteiger partial charge is 0.169 e. The summed E-state index contributed by atoms with van der Waals surface area (Å²) in [4.78, 5) is 7.25. The van der Waals surface area contributed by atoms with E-state index in [-0.39, 0.29) is 5.75 Å². The van der Waals surface area contributed by atoms with E-state index in [0.717, 1.165) is 29.4 Å². The van der Waals surface area contributed by atoms with E-state index in [1.807, 2.05) is 30.3 Å². The van der Waals surface area contributed by atoms with Crippen molar-refractivity contribution in [3.63, 3.8) is 0 Å². The maximum atomic E-state index is 10.4. The van der Waals surface area contributed by atoms with Gasteiger partial charge < -0.3 is 20.1 Å². The van der Waals surface area contributed by atoms with E-state index < -0.39 is 0 Å². The van der Waals surface area contributed by atoms with Crippen molar-refractivity contribution in [2.24, 2.45) is 0 Å². The van der Waals surface area contributed by atoms with E-state index in [1.165, 1.54) is 11.1 Å². The summed E-state index contributed by atoms with van der Waals surface area (Å²) in [6.07, 6.45) is 3.76. The maximum Gasteiger partial charge on any atom is 0.169 e. The fourth-order valence-electron chi connectivity index (χ4n) is 3.83. The summed E-state index contributed by atoms with van der Waals surface area (Å²) in [7, 11) is 0. The predicted octanol–water partition coefficient (Wildman–Crippen LogP) is 4.32. The molecule has 3 N–H and O–H groups in total. The van der Waals surface area contributed by atoms with Gasteiger partial charge in [0, 0.05) is 18.7 Å². The van der Waals surface area contributed by atoms with Gasteiger partial charge in [-0.15, -0.1) is 0 Å². The first-order valence-corrected chi connectivity index (χ1v) is 9.48. The van der Waals surface area contributed by atoms with Crippen LogP contribution in [-0.4, -0.2) is 21.1 Å². The maximum absolute atomic E-state index is 10.4. The fraction of sp³-hybridized carbons (Fsp3) is 0.174. The van der Waals surface area contributed by atoms with Gasteiger partial charge in [0.25, 0.3) is 0 Å². The van der Waals surface area contributed by atoms with Gasteiger partial charge in [-0.3, -0.25) is 0 Å². The summed E-state index contributed by atoms with van der Waals surface area (Å²) in [5, 5.41) is 14.0. The van der Waals surface area contributed by atoms with Gasteiger partial charge in [0.2, 0.25) is 0 Å². The molecule has 28 heavy (non-hydrogen) atoms. The fourth-order valence-corrected chi connectivity index (χ4v) is 3.83. The van der Waals surface area contributed by atoms with Gasteiger partial charge in [0.15, 0.2) is 11.5 Å². The first-order valence-electron chi connectivity index (χ1n) is 9.48. The Labute approximate surface area is 163 Å². The van der Waals surface area contributed by atoms with Crippen molar-refractivity contribution in [3.05, 3.63) is 83.7 Å². The quantitative estimate of drug-likeness (QED) is 0.489. The van der Waals surface area contributed by atoms with Crippen molar-refractivity contribution in [3.8, 4) is 17.2 Å². The Kier molecular flexibility index (Phi) is 4.22. The Morgan fingerprint density at radius 3 is 2.64 bits per heavy atom. The number of aromatic amines is 1. The number of hydrogen-bond acceptors (Lipinski definition) is 4. The molecule has 0 aliphatic heterocycles. The van der Waals surface area contributed by atoms with Crippen LogP contribution < -0.4 is 10.1 Å². The molecule has 0 spiro atoms. The van der Waals surface area contributed by atoms with Crippen LogP contribution in [0.5, 0.6) is 17.2 Å². The molecule has 0 atom stereocenters. The van der Waals surface area contributed by atoms with Crippen LogP contribution in [0.3, 0.4) is 0 Å². The zero-order chi connectivity index (χ0) is 18.9. The van der Waals surface area contributed by atoms with Gasteiger partial charge in [0.1, 0.15) is 5.75 Å². The number of phenolic OH excluding ortho intramolecular Hbond substituents is 1. The van der Waals surface area contributed by atoms with Gasteiger partial charge in [-0.1, -0.05) is 30.3 Å². The number of benzene rings is 3. The minimum Gasteiger partial charge on any atom is -0.504 e. The standard InChI is InChI=1S/C23H21N3O2/c27-22-9-15(13-24-18-10-16-3-1-2-4-17(16)11-18)5-8-23(22)28-19-6-7-20-21(12-19)26-14-25-20/h1-9,12,14,18,24,27H,10-11,13H2,(H,25,26). The van der Waals surface area contributed by atoms with Crippen molar-refractivity contribution in [1.82, 2.24) is 15.3 Å². The molecule has 0 saturated heterocycles. The van der Waals surface area contributed by atoms with E-state index in [4.69, 9.17) is 4.74 Å². The zero-order valence-electron chi connectivity index (χ0n) is 15.4. The van der Waals surface area contributed by atoms with Crippen LogP contribution in [0.25, 0.3) is 11.0 Å². The molecule has 0 saturated carbocycles. The van der Waals surface area contributed by atoms with Gasteiger partial charge in [-0.25, -0.2) is 4.98 Å². The predicted molar refractivity (Wildman–Crippen MR) is 109 cm³/mol. The van der Waals surface area contributed by atoms with Crippen LogP contribution in [0.1, 0.15) is 16.7 Å². The van der Waals surface area contributed by atoms with E-state index in [9.17, 15) is 5.11 Å². The molecule has 4 aromatic rings. The molecule has 1 heterocycles. The summed E-state index contributed by atoms with van der Waals surface area (Å²) in [6.45, 7) is 0.715. The number of aromatic hydroxyl groups is 1. The van der Waals surface area contributed by atoms with Crippen molar-refractivity contribution in [2.75, 3.05) is 0 Å². The van der Waals surface area contributed by atoms with Crippen LogP contribution in [-0.2, 0) is 19.4 Å². The number of rotatable bonds is 5.